The van der Waals surface area contributed by atoms with Gasteiger partial charge in [-0.15, -0.1) is 0 Å². The van der Waals surface area contributed by atoms with Crippen molar-refractivity contribution in [3.8, 4) is 0 Å². The van der Waals surface area contributed by atoms with Gasteiger partial charge in [0.1, 0.15) is 6.10 Å². The second-order valence-corrected chi connectivity index (χ2v) is 10.9. The van der Waals surface area contributed by atoms with Crippen molar-refractivity contribution in [2.45, 2.75) is 58.4 Å². The largest absolute Gasteiger partial charge is 0.456 e. The molecular formula is C13H24O3Si. The molecule has 0 N–H and O–H groups in total. The zero-order chi connectivity index (χ0) is 13.3. The lowest BCUT2D eigenvalue weighted by Gasteiger charge is -2.36. The molecule has 0 radical (unpaired) electrons. The van der Waals surface area contributed by atoms with E-state index in [9.17, 15) is 4.79 Å². The smallest absolute Gasteiger partial charge is 0.334 e. The predicted molar refractivity (Wildman–Crippen MR) is 71.4 cm³/mol. The number of carbonyl (C=O) groups excluding carboxylic acids is 1. The molecule has 0 spiro atoms. The SMILES string of the molecule is C/C=C1\C[C@@H](CO[Si](C)(C)C(C)(C)C)OC1=O. The molecule has 0 aliphatic carbocycles. The number of hydrogen-bond acceptors (Lipinski definition) is 3. The Hall–Kier alpha value is -0.613. The minimum atomic E-state index is -1.74. The summed E-state index contributed by atoms with van der Waals surface area (Å²) in [7, 11) is -1.74. The quantitative estimate of drug-likeness (QED) is 0.442. The van der Waals surface area contributed by atoms with Crippen molar-refractivity contribution < 1.29 is 14.0 Å². The van der Waals surface area contributed by atoms with Gasteiger partial charge in [-0.1, -0.05) is 26.8 Å². The van der Waals surface area contributed by atoms with Crippen molar-refractivity contribution >= 4 is 14.3 Å². The molecular weight excluding hydrogens is 232 g/mol. The second kappa shape index (κ2) is 4.94. The Morgan fingerprint density at radius 1 is 1.47 bits per heavy atom. The van der Waals surface area contributed by atoms with Crippen molar-refractivity contribution in [3.05, 3.63) is 11.6 Å². The van der Waals surface area contributed by atoms with Gasteiger partial charge in [0.05, 0.1) is 6.61 Å². The van der Waals surface area contributed by atoms with Crippen LogP contribution < -0.4 is 0 Å². The summed E-state index contributed by atoms with van der Waals surface area (Å²) in [5.74, 6) is -0.184. The van der Waals surface area contributed by atoms with Gasteiger partial charge in [-0.05, 0) is 25.1 Å². The Morgan fingerprint density at radius 3 is 2.47 bits per heavy atom. The molecule has 0 bridgehead atoms. The minimum Gasteiger partial charge on any atom is -0.456 e. The number of ether oxygens (including phenoxy) is 1. The van der Waals surface area contributed by atoms with Crippen LogP contribution in [0.25, 0.3) is 0 Å². The average Bonchev–Trinajstić information content (AvgIpc) is 2.54. The van der Waals surface area contributed by atoms with Gasteiger partial charge in [0.2, 0.25) is 0 Å². The zero-order valence-electron chi connectivity index (χ0n) is 11.8. The molecule has 1 atom stereocenters. The summed E-state index contributed by atoms with van der Waals surface area (Å²) < 4.78 is 11.3. The first kappa shape index (κ1) is 14.4. The lowest BCUT2D eigenvalue weighted by molar-refractivity contribution is -0.140. The summed E-state index contributed by atoms with van der Waals surface area (Å²) in [6, 6.07) is 0. The third-order valence-corrected chi connectivity index (χ3v) is 8.27. The Kier molecular flexibility index (Phi) is 4.20. The van der Waals surface area contributed by atoms with Crippen LogP contribution in [0.2, 0.25) is 18.1 Å². The van der Waals surface area contributed by atoms with E-state index in [1.165, 1.54) is 0 Å². The maximum atomic E-state index is 11.4. The highest BCUT2D eigenvalue weighted by Crippen LogP contribution is 2.37. The normalized spacial score (nSPS) is 24.2. The Balaban J connectivity index is 2.51. The van der Waals surface area contributed by atoms with E-state index in [4.69, 9.17) is 9.16 Å². The molecule has 4 heteroatoms. The molecule has 17 heavy (non-hydrogen) atoms. The van der Waals surface area contributed by atoms with Gasteiger partial charge < -0.3 is 9.16 Å². The van der Waals surface area contributed by atoms with E-state index >= 15 is 0 Å². The molecule has 3 nitrogen and oxygen atoms in total. The molecule has 98 valence electrons. The monoisotopic (exact) mass is 256 g/mol. The van der Waals surface area contributed by atoms with Gasteiger partial charge in [0.25, 0.3) is 0 Å². The van der Waals surface area contributed by atoms with Crippen LogP contribution in [-0.2, 0) is 14.0 Å². The summed E-state index contributed by atoms with van der Waals surface area (Å²) in [5.41, 5.74) is 0.772. The maximum absolute atomic E-state index is 11.4. The molecule has 1 rings (SSSR count). The average molecular weight is 256 g/mol. The van der Waals surface area contributed by atoms with E-state index in [1.807, 2.05) is 13.0 Å². The topological polar surface area (TPSA) is 35.5 Å². The van der Waals surface area contributed by atoms with Crippen LogP contribution in [0.5, 0.6) is 0 Å². The summed E-state index contributed by atoms with van der Waals surface area (Å²) >= 11 is 0. The number of esters is 1. The molecule has 0 saturated carbocycles. The maximum Gasteiger partial charge on any atom is 0.334 e. The fraction of sp³-hybridized carbons (Fsp3) is 0.769. The van der Waals surface area contributed by atoms with Crippen LogP contribution in [-0.4, -0.2) is 27.0 Å². The fourth-order valence-corrected chi connectivity index (χ4v) is 2.48. The molecule has 0 aromatic rings. The van der Waals surface area contributed by atoms with Gasteiger partial charge >= 0.3 is 5.97 Å². The number of cyclic esters (lactones) is 1. The Bertz CT molecular complexity index is 326. The van der Waals surface area contributed by atoms with Crippen LogP contribution in [0.1, 0.15) is 34.1 Å². The molecule has 1 aliphatic rings. The van der Waals surface area contributed by atoms with E-state index in [0.29, 0.717) is 13.0 Å². The third kappa shape index (κ3) is 3.42. The standard InChI is InChI=1S/C13H24O3Si/c1-7-10-8-11(16-12(10)14)9-15-17(5,6)13(2,3)4/h7,11H,8-9H2,1-6H3/b10-7+/t11-/m0/s1. The lowest BCUT2D eigenvalue weighted by Crippen LogP contribution is -2.42. The van der Waals surface area contributed by atoms with E-state index in [1.54, 1.807) is 0 Å². The minimum absolute atomic E-state index is 0.0946. The first-order valence-corrected chi connectivity index (χ1v) is 9.08. The van der Waals surface area contributed by atoms with Gasteiger partial charge in [0, 0.05) is 12.0 Å². The molecule has 0 aromatic carbocycles. The third-order valence-electron chi connectivity index (χ3n) is 3.77. The highest BCUT2D eigenvalue weighted by atomic mass is 28.4. The molecule has 1 heterocycles. The van der Waals surface area contributed by atoms with Crippen LogP contribution in [0.4, 0.5) is 0 Å². The predicted octanol–water partition coefficient (Wildman–Crippen LogP) is 3.27. The highest BCUT2D eigenvalue weighted by Gasteiger charge is 2.39. The number of hydrogen-bond donors (Lipinski definition) is 0. The zero-order valence-corrected chi connectivity index (χ0v) is 12.8. The highest BCUT2D eigenvalue weighted by molar-refractivity contribution is 6.74. The first-order chi connectivity index (χ1) is 7.67. The van der Waals surface area contributed by atoms with Crippen molar-refractivity contribution in [2.75, 3.05) is 6.61 Å². The molecule has 1 saturated heterocycles. The fourth-order valence-electron chi connectivity index (χ4n) is 1.44. The molecule has 0 unspecified atom stereocenters. The van der Waals surface area contributed by atoms with Crippen LogP contribution in [0.3, 0.4) is 0 Å². The summed E-state index contributed by atoms with van der Waals surface area (Å²) in [6.07, 6.45) is 2.42. The van der Waals surface area contributed by atoms with Gasteiger partial charge in [-0.25, -0.2) is 4.79 Å². The summed E-state index contributed by atoms with van der Waals surface area (Å²) in [4.78, 5) is 11.4. The number of carbonyl (C=O) groups is 1. The molecule has 0 amide bonds. The number of allylic oxidation sites excluding steroid dienone is 1. The Morgan fingerprint density at radius 2 is 2.06 bits per heavy atom. The van der Waals surface area contributed by atoms with Crippen molar-refractivity contribution in [1.82, 2.24) is 0 Å². The molecule has 0 aromatic heterocycles. The molecule has 1 fully saturated rings. The molecule has 1 aliphatic heterocycles. The first-order valence-electron chi connectivity index (χ1n) is 6.17. The van der Waals surface area contributed by atoms with Crippen LogP contribution >= 0.6 is 0 Å². The summed E-state index contributed by atoms with van der Waals surface area (Å²) in [6.45, 7) is 13.4. The van der Waals surface area contributed by atoms with Gasteiger partial charge in [-0.3, -0.25) is 0 Å². The van der Waals surface area contributed by atoms with E-state index in [0.717, 1.165) is 5.57 Å². The Labute approximate surface area is 105 Å². The van der Waals surface area contributed by atoms with E-state index < -0.39 is 8.32 Å². The van der Waals surface area contributed by atoms with Crippen molar-refractivity contribution in [2.24, 2.45) is 0 Å². The van der Waals surface area contributed by atoms with Crippen molar-refractivity contribution in [3.63, 3.8) is 0 Å². The van der Waals surface area contributed by atoms with Crippen molar-refractivity contribution in [1.29, 1.82) is 0 Å². The van der Waals surface area contributed by atoms with Crippen LogP contribution in [0, 0.1) is 0 Å². The number of rotatable bonds is 3. The van der Waals surface area contributed by atoms with Crippen LogP contribution in [0.15, 0.2) is 11.6 Å². The van der Waals surface area contributed by atoms with Gasteiger partial charge in [-0.2, -0.15) is 0 Å². The second-order valence-electron chi connectivity index (χ2n) is 6.12. The van der Waals surface area contributed by atoms with E-state index in [-0.39, 0.29) is 17.1 Å². The lowest BCUT2D eigenvalue weighted by atomic mass is 10.1. The summed E-state index contributed by atoms with van der Waals surface area (Å²) in [5, 5.41) is 0.193. The van der Waals surface area contributed by atoms with E-state index in [2.05, 4.69) is 33.9 Å². The van der Waals surface area contributed by atoms with Gasteiger partial charge in [0.15, 0.2) is 8.32 Å².